The SMILES string of the molecule is CNC(=O)N(CCNc1ccc2c(F)c(N3CC(=O)NS3(=O)=O)c(OCc3ccccc3)cc2c1)c1ccc(OCc2ccccc2)nc1OCc1ccccc1. The van der Waals surface area contributed by atoms with E-state index in [2.05, 4.69) is 15.6 Å². The Bertz CT molecular complexity index is 2480. The van der Waals surface area contributed by atoms with Crippen molar-refractivity contribution in [2.24, 2.45) is 0 Å². The molecule has 0 spiro atoms. The monoisotopic (exact) mass is 790 g/mol. The number of nitrogens with zero attached hydrogens (tertiary/aromatic N) is 3. The number of hydrogen-bond donors (Lipinski definition) is 3. The van der Waals surface area contributed by atoms with Gasteiger partial charge in [0.2, 0.25) is 11.8 Å². The molecule has 0 unspecified atom stereocenters. The number of pyridine rings is 1. The minimum atomic E-state index is -4.34. The molecule has 0 saturated carbocycles. The molecule has 0 radical (unpaired) electrons. The van der Waals surface area contributed by atoms with Crippen molar-refractivity contribution in [3.8, 4) is 17.5 Å². The molecular weight excluding hydrogens is 752 g/mol. The Morgan fingerprint density at radius 3 is 2.04 bits per heavy atom. The topological polar surface area (TPSA) is 151 Å². The molecular formula is C42H39FN6O7S. The third-order valence-corrected chi connectivity index (χ3v) is 10.4. The second-order valence-electron chi connectivity index (χ2n) is 12.9. The number of benzene rings is 5. The third-order valence-electron chi connectivity index (χ3n) is 9.00. The number of hydrogen-bond acceptors (Lipinski definition) is 9. The molecule has 292 valence electrons. The van der Waals surface area contributed by atoms with Gasteiger partial charge in [0.05, 0.1) is 0 Å². The molecule has 0 bridgehead atoms. The van der Waals surface area contributed by atoms with Gasteiger partial charge in [-0.3, -0.25) is 9.69 Å². The van der Waals surface area contributed by atoms with Crippen LogP contribution in [-0.4, -0.2) is 52.0 Å². The fraction of sp³-hybridized carbons (Fsp3) is 0.167. The van der Waals surface area contributed by atoms with Gasteiger partial charge in [-0.15, -0.1) is 0 Å². The van der Waals surface area contributed by atoms with Crippen molar-refractivity contribution in [1.29, 1.82) is 0 Å². The van der Waals surface area contributed by atoms with E-state index < -0.39 is 34.5 Å². The molecule has 1 aliphatic heterocycles. The second-order valence-corrected chi connectivity index (χ2v) is 14.5. The van der Waals surface area contributed by atoms with Gasteiger partial charge in [0.15, 0.2) is 5.82 Å². The summed E-state index contributed by atoms with van der Waals surface area (Å²) in [7, 11) is -2.81. The molecule has 15 heteroatoms. The normalized spacial score (nSPS) is 13.2. The molecule has 5 aromatic carbocycles. The molecule has 2 heterocycles. The van der Waals surface area contributed by atoms with Gasteiger partial charge in [0.25, 0.3) is 5.91 Å². The highest BCUT2D eigenvalue weighted by molar-refractivity contribution is 7.92. The highest BCUT2D eigenvalue weighted by atomic mass is 32.2. The molecule has 57 heavy (non-hydrogen) atoms. The van der Waals surface area contributed by atoms with Gasteiger partial charge in [-0.25, -0.2) is 18.2 Å². The predicted octanol–water partition coefficient (Wildman–Crippen LogP) is 6.55. The number of urea groups is 1. The van der Waals surface area contributed by atoms with Gasteiger partial charge in [-0.1, -0.05) is 91.0 Å². The zero-order valence-electron chi connectivity index (χ0n) is 30.9. The van der Waals surface area contributed by atoms with Gasteiger partial charge in [-0.2, -0.15) is 13.4 Å². The standard InChI is InChI=1S/C42H39FN6O7S/c1-44-42(51)48(35-19-20-38(55-27-30-13-7-3-8-14-30)46-41(35)56-28-31-15-9-4-10-16-31)22-21-45-33-17-18-34-32(23-33)24-36(54-26-29-11-5-2-6-12-29)40(39(34)43)49-25-37(50)47-57(49,52)53/h2-20,23-24,45H,21-22,25-28H2,1H3,(H,44,51)(H,47,50). The first-order chi connectivity index (χ1) is 27.7. The van der Waals surface area contributed by atoms with Crippen molar-refractivity contribution < 1.29 is 36.6 Å². The van der Waals surface area contributed by atoms with E-state index in [1.54, 1.807) is 30.3 Å². The van der Waals surface area contributed by atoms with Gasteiger partial charge < -0.3 is 24.8 Å². The van der Waals surface area contributed by atoms with E-state index in [0.717, 1.165) is 16.7 Å². The quantitative estimate of drug-likeness (QED) is 0.105. The van der Waals surface area contributed by atoms with E-state index >= 15 is 4.39 Å². The van der Waals surface area contributed by atoms with Crippen LogP contribution in [0.2, 0.25) is 0 Å². The van der Waals surface area contributed by atoms with Crippen LogP contribution in [0.25, 0.3) is 10.8 Å². The van der Waals surface area contributed by atoms with Crippen molar-refractivity contribution in [1.82, 2.24) is 15.0 Å². The molecule has 0 aliphatic carbocycles. The number of rotatable bonds is 15. The highest BCUT2D eigenvalue weighted by Crippen LogP contribution is 2.40. The zero-order chi connectivity index (χ0) is 39.8. The predicted molar refractivity (Wildman–Crippen MR) is 215 cm³/mol. The Labute approximate surface area is 329 Å². The third kappa shape index (κ3) is 9.16. The molecule has 3 N–H and O–H groups in total. The van der Waals surface area contributed by atoms with Crippen molar-refractivity contribution in [3.05, 3.63) is 150 Å². The van der Waals surface area contributed by atoms with E-state index in [0.29, 0.717) is 33.6 Å². The highest BCUT2D eigenvalue weighted by Gasteiger charge is 2.38. The summed E-state index contributed by atoms with van der Waals surface area (Å²) in [6.45, 7) is 0.337. The van der Waals surface area contributed by atoms with Crippen LogP contribution < -0.4 is 38.8 Å². The van der Waals surface area contributed by atoms with Gasteiger partial charge >= 0.3 is 16.2 Å². The summed E-state index contributed by atoms with van der Waals surface area (Å²) in [5.74, 6) is -1.18. The number of fused-ring (bicyclic) bond motifs is 1. The van der Waals surface area contributed by atoms with E-state index in [1.165, 1.54) is 18.0 Å². The van der Waals surface area contributed by atoms with Crippen LogP contribution in [0.3, 0.4) is 0 Å². The summed E-state index contributed by atoms with van der Waals surface area (Å²) in [5, 5.41) is 6.51. The lowest BCUT2D eigenvalue weighted by atomic mass is 10.1. The van der Waals surface area contributed by atoms with Crippen LogP contribution in [0.4, 0.5) is 26.2 Å². The van der Waals surface area contributed by atoms with Crippen molar-refractivity contribution >= 4 is 50.0 Å². The first-order valence-corrected chi connectivity index (χ1v) is 19.5. The van der Waals surface area contributed by atoms with E-state index in [1.807, 2.05) is 95.7 Å². The Kier molecular flexibility index (Phi) is 11.7. The summed E-state index contributed by atoms with van der Waals surface area (Å²) < 4.78 is 62.7. The number of nitrogens with one attached hydrogen (secondary N) is 3. The van der Waals surface area contributed by atoms with Crippen LogP contribution in [0.15, 0.2) is 127 Å². The van der Waals surface area contributed by atoms with E-state index in [4.69, 9.17) is 14.2 Å². The minimum Gasteiger partial charge on any atom is -0.487 e. The Morgan fingerprint density at radius 1 is 0.825 bits per heavy atom. The fourth-order valence-electron chi connectivity index (χ4n) is 6.20. The number of aromatic nitrogens is 1. The maximum atomic E-state index is 16.3. The molecule has 13 nitrogen and oxygen atoms in total. The maximum absolute atomic E-state index is 16.3. The molecule has 1 saturated heterocycles. The van der Waals surface area contributed by atoms with Crippen molar-refractivity contribution in [3.63, 3.8) is 0 Å². The number of carbonyl (C=O) groups excluding carboxylic acids is 2. The maximum Gasteiger partial charge on any atom is 0.326 e. The largest absolute Gasteiger partial charge is 0.487 e. The number of ether oxygens (including phenoxy) is 3. The lowest BCUT2D eigenvalue weighted by Gasteiger charge is -2.25. The fourth-order valence-corrected chi connectivity index (χ4v) is 7.37. The Balaban J connectivity index is 1.13. The average Bonchev–Trinajstić information content (AvgIpc) is 3.51. The number of amides is 3. The molecule has 7 rings (SSSR count). The molecule has 3 amide bonds. The molecule has 1 aromatic heterocycles. The molecule has 1 fully saturated rings. The first kappa shape index (κ1) is 38.4. The van der Waals surface area contributed by atoms with Crippen LogP contribution in [0.1, 0.15) is 16.7 Å². The van der Waals surface area contributed by atoms with Crippen molar-refractivity contribution in [2.45, 2.75) is 19.8 Å². The van der Waals surface area contributed by atoms with E-state index in [-0.39, 0.29) is 49.0 Å². The second kappa shape index (κ2) is 17.3. The van der Waals surface area contributed by atoms with Crippen LogP contribution in [-0.2, 0) is 34.8 Å². The molecule has 1 aliphatic rings. The number of carbonyl (C=O) groups is 2. The lowest BCUT2D eigenvalue weighted by molar-refractivity contribution is -0.117. The molecule has 0 atom stereocenters. The summed E-state index contributed by atoms with van der Waals surface area (Å²) >= 11 is 0. The van der Waals surface area contributed by atoms with Gasteiger partial charge in [0, 0.05) is 37.3 Å². The summed E-state index contributed by atoms with van der Waals surface area (Å²) in [4.78, 5) is 31.6. The Hall–Kier alpha value is -6.87. The lowest BCUT2D eigenvalue weighted by Crippen LogP contribution is -2.41. The van der Waals surface area contributed by atoms with Crippen LogP contribution >= 0.6 is 0 Å². The van der Waals surface area contributed by atoms with Gasteiger partial charge in [0.1, 0.15) is 43.5 Å². The summed E-state index contributed by atoms with van der Waals surface area (Å²) in [5.41, 5.74) is 3.29. The van der Waals surface area contributed by atoms with Gasteiger partial charge in [-0.05, 0) is 52.4 Å². The van der Waals surface area contributed by atoms with Crippen LogP contribution in [0, 0.1) is 5.82 Å². The smallest absolute Gasteiger partial charge is 0.326 e. The Morgan fingerprint density at radius 2 is 1.44 bits per heavy atom. The summed E-state index contributed by atoms with van der Waals surface area (Å²) in [6.07, 6.45) is 0. The van der Waals surface area contributed by atoms with E-state index in [9.17, 15) is 18.0 Å². The van der Waals surface area contributed by atoms with Crippen molar-refractivity contribution in [2.75, 3.05) is 41.2 Å². The minimum absolute atomic E-state index is 0.0212. The number of anilines is 3. The van der Waals surface area contributed by atoms with Crippen LogP contribution in [0.5, 0.6) is 17.5 Å². The zero-order valence-corrected chi connectivity index (χ0v) is 31.7. The average molecular weight is 791 g/mol. The molecule has 6 aromatic rings. The number of halogens is 1. The summed E-state index contributed by atoms with van der Waals surface area (Å²) in [6, 6.07) is 37.8. The first-order valence-electron chi connectivity index (χ1n) is 18.0.